The fourth-order valence-corrected chi connectivity index (χ4v) is 1.89. The Kier molecular flexibility index (Phi) is 4.66. The van der Waals surface area contributed by atoms with Gasteiger partial charge >= 0.3 is 0 Å². The van der Waals surface area contributed by atoms with Gasteiger partial charge in [-0.05, 0) is 13.8 Å². The van der Waals surface area contributed by atoms with Gasteiger partial charge in [-0.3, -0.25) is 24.5 Å². The molecule has 0 aromatic rings. The Bertz CT molecular complexity index is 448. The van der Waals surface area contributed by atoms with E-state index in [0.717, 1.165) is 5.01 Å². The molecule has 0 aromatic heterocycles. The van der Waals surface area contributed by atoms with Crippen molar-refractivity contribution in [3.8, 4) is 0 Å². The molecule has 0 atom stereocenters. The molecule has 1 aliphatic rings. The molecule has 0 aromatic carbocycles. The van der Waals surface area contributed by atoms with E-state index < -0.39 is 23.4 Å². The summed E-state index contributed by atoms with van der Waals surface area (Å²) in [4.78, 5) is 45.8. The van der Waals surface area contributed by atoms with Crippen LogP contribution in [0.15, 0.2) is 0 Å². The van der Waals surface area contributed by atoms with E-state index >= 15 is 0 Å². The number of hydrogen-bond donors (Lipinski definition) is 3. The third-order valence-electron chi connectivity index (χ3n) is 2.80. The molecule has 20 heavy (non-hydrogen) atoms. The van der Waals surface area contributed by atoms with Gasteiger partial charge in [0.15, 0.2) is 0 Å². The van der Waals surface area contributed by atoms with Crippen molar-refractivity contribution in [2.45, 2.75) is 26.4 Å². The van der Waals surface area contributed by atoms with Crippen LogP contribution in [-0.4, -0.2) is 58.9 Å². The van der Waals surface area contributed by atoms with Crippen molar-refractivity contribution in [3.05, 3.63) is 0 Å². The molecule has 0 radical (unpaired) electrons. The van der Waals surface area contributed by atoms with E-state index in [1.165, 1.54) is 11.9 Å². The topological polar surface area (TPSA) is 125 Å². The highest BCUT2D eigenvalue weighted by molar-refractivity contribution is 5.89. The van der Waals surface area contributed by atoms with Crippen LogP contribution in [-0.2, 0) is 19.2 Å². The molecule has 4 amide bonds. The van der Waals surface area contributed by atoms with Gasteiger partial charge in [0.2, 0.25) is 17.7 Å². The first kappa shape index (κ1) is 15.9. The van der Waals surface area contributed by atoms with Crippen LogP contribution >= 0.6 is 0 Å². The second-order valence-electron chi connectivity index (χ2n) is 4.94. The van der Waals surface area contributed by atoms with E-state index in [9.17, 15) is 19.2 Å². The van der Waals surface area contributed by atoms with Gasteiger partial charge in [-0.25, -0.2) is 10.0 Å². The maximum Gasteiger partial charge on any atom is 0.256 e. The van der Waals surface area contributed by atoms with Gasteiger partial charge in [0, 0.05) is 6.92 Å². The molecule has 1 saturated heterocycles. The quantitative estimate of drug-likeness (QED) is 0.516. The van der Waals surface area contributed by atoms with E-state index in [0.29, 0.717) is 0 Å². The Hall–Kier alpha value is -2.16. The zero-order valence-electron chi connectivity index (χ0n) is 11.7. The monoisotopic (exact) mass is 285 g/mol. The first-order chi connectivity index (χ1) is 9.15. The average Bonchev–Trinajstić information content (AvgIpc) is 2.58. The highest BCUT2D eigenvalue weighted by Gasteiger charge is 2.42. The molecule has 0 spiro atoms. The highest BCUT2D eigenvalue weighted by atomic mass is 16.2. The predicted molar refractivity (Wildman–Crippen MR) is 68.5 cm³/mol. The number of hydrogen-bond acceptors (Lipinski definition) is 5. The van der Waals surface area contributed by atoms with Crippen molar-refractivity contribution in [1.29, 1.82) is 0 Å². The molecule has 9 nitrogen and oxygen atoms in total. The Labute approximate surface area is 116 Å². The van der Waals surface area contributed by atoms with Crippen LogP contribution in [0.3, 0.4) is 0 Å². The SMILES string of the molecule is CC(=O)N(CC(=O)NCC(N)=O)N1C(=O)CNC1(C)C. The minimum atomic E-state index is -0.771. The Morgan fingerprint density at radius 1 is 1.45 bits per heavy atom. The summed E-state index contributed by atoms with van der Waals surface area (Å²) in [7, 11) is 0. The summed E-state index contributed by atoms with van der Waals surface area (Å²) in [6.07, 6.45) is 0. The van der Waals surface area contributed by atoms with Crippen molar-refractivity contribution in [2.75, 3.05) is 19.6 Å². The van der Waals surface area contributed by atoms with Crippen molar-refractivity contribution in [3.63, 3.8) is 0 Å². The van der Waals surface area contributed by atoms with Gasteiger partial charge < -0.3 is 11.1 Å². The number of rotatable bonds is 5. The lowest BCUT2D eigenvalue weighted by molar-refractivity contribution is -0.170. The number of carbonyl (C=O) groups excluding carboxylic acids is 4. The van der Waals surface area contributed by atoms with Crippen molar-refractivity contribution >= 4 is 23.6 Å². The van der Waals surface area contributed by atoms with Crippen LogP contribution in [0.2, 0.25) is 0 Å². The molecular weight excluding hydrogens is 266 g/mol. The number of nitrogens with one attached hydrogen (secondary N) is 2. The number of primary amides is 1. The zero-order valence-corrected chi connectivity index (χ0v) is 11.7. The van der Waals surface area contributed by atoms with E-state index in [1.807, 2.05) is 0 Å². The van der Waals surface area contributed by atoms with Crippen LogP contribution in [0.1, 0.15) is 20.8 Å². The lowest BCUT2D eigenvalue weighted by atomic mass is 10.2. The third kappa shape index (κ3) is 3.67. The first-order valence-electron chi connectivity index (χ1n) is 6.06. The summed E-state index contributed by atoms with van der Waals surface area (Å²) in [5.74, 6) is -2.03. The molecule has 0 saturated carbocycles. The van der Waals surface area contributed by atoms with Gasteiger partial charge in [-0.15, -0.1) is 0 Å². The molecular formula is C11H19N5O4. The summed E-state index contributed by atoms with van der Waals surface area (Å²) in [6.45, 7) is 4.09. The van der Waals surface area contributed by atoms with Gasteiger partial charge in [0.25, 0.3) is 5.91 Å². The third-order valence-corrected chi connectivity index (χ3v) is 2.80. The Morgan fingerprint density at radius 2 is 2.05 bits per heavy atom. The lowest BCUT2D eigenvalue weighted by Crippen LogP contribution is -2.59. The van der Waals surface area contributed by atoms with Crippen LogP contribution in [0.4, 0.5) is 0 Å². The molecule has 1 aliphatic heterocycles. The summed E-state index contributed by atoms with van der Waals surface area (Å²) in [6, 6.07) is 0. The summed E-state index contributed by atoms with van der Waals surface area (Å²) in [5, 5.41) is 7.45. The minimum absolute atomic E-state index is 0.0830. The number of nitrogens with two attached hydrogens (primary N) is 1. The molecule has 0 unspecified atom stereocenters. The van der Waals surface area contributed by atoms with Crippen LogP contribution in [0, 0.1) is 0 Å². The summed E-state index contributed by atoms with van der Waals surface area (Å²) >= 11 is 0. The van der Waals surface area contributed by atoms with Crippen molar-refractivity contribution < 1.29 is 19.2 Å². The van der Waals surface area contributed by atoms with Crippen LogP contribution in [0.25, 0.3) is 0 Å². The molecule has 1 fully saturated rings. The van der Waals surface area contributed by atoms with Crippen molar-refractivity contribution in [2.24, 2.45) is 5.73 Å². The molecule has 9 heteroatoms. The van der Waals surface area contributed by atoms with Crippen LogP contribution < -0.4 is 16.4 Å². The minimum Gasteiger partial charge on any atom is -0.368 e. The molecule has 0 bridgehead atoms. The van der Waals surface area contributed by atoms with Gasteiger partial charge in [0.05, 0.1) is 13.1 Å². The number of amides is 4. The molecule has 0 aliphatic carbocycles. The van der Waals surface area contributed by atoms with Gasteiger partial charge in [0.1, 0.15) is 12.2 Å². The molecule has 1 heterocycles. The number of nitrogens with zero attached hydrogens (tertiary/aromatic N) is 2. The predicted octanol–water partition coefficient (Wildman–Crippen LogP) is -2.48. The largest absolute Gasteiger partial charge is 0.368 e. The van der Waals surface area contributed by atoms with E-state index in [1.54, 1.807) is 13.8 Å². The summed E-state index contributed by atoms with van der Waals surface area (Å²) in [5.41, 5.74) is 4.14. The second-order valence-corrected chi connectivity index (χ2v) is 4.94. The van der Waals surface area contributed by atoms with E-state index in [4.69, 9.17) is 5.73 Å². The number of carbonyl (C=O) groups is 4. The van der Waals surface area contributed by atoms with Crippen LogP contribution in [0.5, 0.6) is 0 Å². The Morgan fingerprint density at radius 3 is 2.45 bits per heavy atom. The molecule has 4 N–H and O–H groups in total. The van der Waals surface area contributed by atoms with Gasteiger partial charge in [-0.2, -0.15) is 0 Å². The standard InChI is InChI=1S/C11H19N5O4/c1-7(17)15(6-9(19)13-4-8(12)18)16-10(20)5-14-11(16,2)3/h14H,4-6H2,1-3H3,(H2,12,18)(H,13,19). The fourth-order valence-electron chi connectivity index (χ4n) is 1.89. The molecule has 112 valence electrons. The average molecular weight is 285 g/mol. The first-order valence-corrected chi connectivity index (χ1v) is 6.06. The Balaban J connectivity index is 2.79. The van der Waals surface area contributed by atoms with Crippen molar-refractivity contribution in [1.82, 2.24) is 20.7 Å². The fraction of sp³-hybridized carbons (Fsp3) is 0.636. The normalized spacial score (nSPS) is 16.9. The molecule has 1 rings (SSSR count). The maximum absolute atomic E-state index is 11.8. The number of hydrazine groups is 1. The second kappa shape index (κ2) is 5.87. The lowest BCUT2D eigenvalue weighted by Gasteiger charge is -2.39. The highest BCUT2D eigenvalue weighted by Crippen LogP contribution is 2.19. The maximum atomic E-state index is 11.8. The zero-order chi connectivity index (χ0) is 15.5. The van der Waals surface area contributed by atoms with Gasteiger partial charge in [-0.1, -0.05) is 0 Å². The van der Waals surface area contributed by atoms with E-state index in [-0.39, 0.29) is 25.5 Å². The smallest absolute Gasteiger partial charge is 0.256 e. The summed E-state index contributed by atoms with van der Waals surface area (Å²) < 4.78 is 0. The van der Waals surface area contributed by atoms with E-state index in [2.05, 4.69) is 10.6 Å².